The van der Waals surface area contributed by atoms with Crippen LogP contribution in [0.1, 0.15) is 61.4 Å². The third-order valence-electron chi connectivity index (χ3n) is 4.75. The molecule has 2 aliphatic rings. The van der Waals surface area contributed by atoms with Gasteiger partial charge in [0.05, 0.1) is 5.56 Å². The van der Waals surface area contributed by atoms with Gasteiger partial charge in [0.15, 0.2) is 5.60 Å². The summed E-state index contributed by atoms with van der Waals surface area (Å²) in [5.74, 6) is -0.567. The van der Waals surface area contributed by atoms with Crippen LogP contribution in [-0.4, -0.2) is 23.5 Å². The fraction of sp³-hybridized carbons (Fsp3) is 0.556. The van der Waals surface area contributed by atoms with Gasteiger partial charge >= 0.3 is 5.97 Å². The topological polar surface area (TPSA) is 55.4 Å². The lowest BCUT2D eigenvalue weighted by Crippen LogP contribution is -2.54. The van der Waals surface area contributed by atoms with Gasteiger partial charge in [-0.3, -0.25) is 4.79 Å². The van der Waals surface area contributed by atoms with Crippen molar-refractivity contribution in [2.24, 2.45) is 0 Å². The molecule has 1 aromatic carbocycles. The third kappa shape index (κ3) is 3.01. The Labute approximate surface area is 131 Å². The first-order valence-electron chi connectivity index (χ1n) is 8.21. The van der Waals surface area contributed by atoms with Crippen molar-refractivity contribution in [3.8, 4) is 0 Å². The zero-order chi connectivity index (χ0) is 15.6. The quantitative estimate of drug-likeness (QED) is 0.675. The molecule has 1 saturated carbocycles. The highest BCUT2D eigenvalue weighted by molar-refractivity contribution is 5.97. The van der Waals surface area contributed by atoms with E-state index < -0.39 is 11.6 Å². The molecule has 22 heavy (non-hydrogen) atoms. The maximum absolute atomic E-state index is 12.7. The summed E-state index contributed by atoms with van der Waals surface area (Å²) >= 11 is 0. The number of hydrogen-bond donors (Lipinski definition) is 1. The van der Waals surface area contributed by atoms with Crippen LogP contribution < -0.4 is 5.32 Å². The Balaban J connectivity index is 1.73. The first-order valence-corrected chi connectivity index (χ1v) is 8.21. The van der Waals surface area contributed by atoms with Crippen LogP contribution in [0.3, 0.4) is 0 Å². The summed E-state index contributed by atoms with van der Waals surface area (Å²) in [6.07, 6.45) is 7.28. The standard InChI is InChI=1S/C18H23NO3/c1-18(17(21)19-14-9-4-2-3-5-10-14)12-13-8-6-7-11-15(13)16(20)22-18/h6-8,11,14H,2-5,9-10,12H2,1H3,(H,19,21)/t18-/m1/s1. The smallest absolute Gasteiger partial charge is 0.339 e. The van der Waals surface area contributed by atoms with Crippen LogP contribution in [0.5, 0.6) is 0 Å². The predicted molar refractivity (Wildman–Crippen MR) is 83.6 cm³/mol. The summed E-state index contributed by atoms with van der Waals surface area (Å²) in [6.45, 7) is 1.72. The number of rotatable bonds is 2. The molecule has 1 fully saturated rings. The van der Waals surface area contributed by atoms with Crippen molar-refractivity contribution in [1.29, 1.82) is 0 Å². The molecule has 0 radical (unpaired) electrons. The van der Waals surface area contributed by atoms with E-state index in [1.807, 2.05) is 18.2 Å². The van der Waals surface area contributed by atoms with Crippen LogP contribution in [0, 0.1) is 0 Å². The Bertz CT molecular complexity index is 575. The van der Waals surface area contributed by atoms with Gasteiger partial charge < -0.3 is 10.1 Å². The molecular formula is C18H23NO3. The molecule has 0 spiro atoms. The number of amides is 1. The number of carbonyl (C=O) groups excluding carboxylic acids is 2. The second kappa shape index (κ2) is 6.11. The van der Waals surface area contributed by atoms with E-state index in [-0.39, 0.29) is 11.9 Å². The molecule has 3 rings (SSSR count). The molecule has 1 amide bonds. The number of ether oxygens (including phenoxy) is 1. The van der Waals surface area contributed by atoms with E-state index >= 15 is 0 Å². The Morgan fingerprint density at radius 3 is 2.59 bits per heavy atom. The molecule has 4 heteroatoms. The van der Waals surface area contributed by atoms with Crippen molar-refractivity contribution in [3.05, 3.63) is 35.4 Å². The number of cyclic esters (lactones) is 1. The number of nitrogens with one attached hydrogen (secondary N) is 1. The van der Waals surface area contributed by atoms with Crippen LogP contribution in [0.4, 0.5) is 0 Å². The average molecular weight is 301 g/mol. The lowest BCUT2D eigenvalue weighted by atomic mass is 9.89. The first-order chi connectivity index (χ1) is 10.6. The summed E-state index contributed by atoms with van der Waals surface area (Å²) in [5, 5.41) is 3.10. The van der Waals surface area contributed by atoms with Crippen LogP contribution in [0.25, 0.3) is 0 Å². The van der Waals surface area contributed by atoms with Gasteiger partial charge in [-0.2, -0.15) is 0 Å². The predicted octanol–water partition coefficient (Wildman–Crippen LogP) is 3.00. The van der Waals surface area contributed by atoms with Gasteiger partial charge in [0.25, 0.3) is 5.91 Å². The summed E-state index contributed by atoms with van der Waals surface area (Å²) in [6, 6.07) is 7.56. The van der Waals surface area contributed by atoms with Gasteiger partial charge in [0.2, 0.25) is 0 Å². The molecule has 1 heterocycles. The van der Waals surface area contributed by atoms with Crippen molar-refractivity contribution in [3.63, 3.8) is 0 Å². The Kier molecular flexibility index (Phi) is 4.19. The minimum Gasteiger partial charge on any atom is -0.445 e. The molecule has 0 unspecified atom stereocenters. The van der Waals surface area contributed by atoms with E-state index in [0.717, 1.165) is 31.2 Å². The van der Waals surface area contributed by atoms with E-state index in [1.165, 1.54) is 12.8 Å². The van der Waals surface area contributed by atoms with Crippen molar-refractivity contribution < 1.29 is 14.3 Å². The Morgan fingerprint density at radius 2 is 1.86 bits per heavy atom. The number of carbonyl (C=O) groups is 2. The van der Waals surface area contributed by atoms with Crippen molar-refractivity contribution in [2.75, 3.05) is 0 Å². The summed E-state index contributed by atoms with van der Waals surface area (Å²) in [4.78, 5) is 24.8. The van der Waals surface area contributed by atoms with E-state index in [9.17, 15) is 9.59 Å². The Morgan fingerprint density at radius 1 is 1.18 bits per heavy atom. The highest BCUT2D eigenvalue weighted by Crippen LogP contribution is 2.29. The van der Waals surface area contributed by atoms with Gasteiger partial charge in [-0.05, 0) is 31.4 Å². The largest absolute Gasteiger partial charge is 0.445 e. The third-order valence-corrected chi connectivity index (χ3v) is 4.75. The van der Waals surface area contributed by atoms with E-state index in [4.69, 9.17) is 4.74 Å². The molecule has 1 N–H and O–H groups in total. The number of benzene rings is 1. The molecule has 4 nitrogen and oxygen atoms in total. The molecular weight excluding hydrogens is 278 g/mol. The van der Waals surface area contributed by atoms with Crippen LogP contribution in [0.15, 0.2) is 24.3 Å². The fourth-order valence-electron chi connectivity index (χ4n) is 3.42. The minimum absolute atomic E-state index is 0.165. The molecule has 1 aliphatic carbocycles. The average Bonchev–Trinajstić information content (AvgIpc) is 2.76. The molecule has 1 atom stereocenters. The molecule has 0 bridgehead atoms. The molecule has 1 aliphatic heterocycles. The van der Waals surface area contributed by atoms with Crippen molar-refractivity contribution in [2.45, 2.75) is 63.5 Å². The molecule has 0 aromatic heterocycles. The zero-order valence-electron chi connectivity index (χ0n) is 13.1. The van der Waals surface area contributed by atoms with Crippen LogP contribution in [-0.2, 0) is 16.0 Å². The first kappa shape index (κ1) is 15.1. The van der Waals surface area contributed by atoms with Gasteiger partial charge in [-0.25, -0.2) is 4.79 Å². The normalized spacial score (nSPS) is 25.8. The second-order valence-corrected chi connectivity index (χ2v) is 6.62. The second-order valence-electron chi connectivity index (χ2n) is 6.62. The SMILES string of the molecule is C[C@]1(C(=O)NC2CCCCCC2)Cc2ccccc2C(=O)O1. The highest BCUT2D eigenvalue weighted by Gasteiger charge is 2.43. The van der Waals surface area contributed by atoms with Gasteiger partial charge in [-0.1, -0.05) is 43.9 Å². The zero-order valence-corrected chi connectivity index (χ0v) is 13.1. The number of fused-ring (bicyclic) bond motifs is 1. The minimum atomic E-state index is -1.10. The van der Waals surface area contributed by atoms with E-state index in [1.54, 1.807) is 13.0 Å². The summed E-state index contributed by atoms with van der Waals surface area (Å²) < 4.78 is 5.48. The monoisotopic (exact) mass is 301 g/mol. The summed E-state index contributed by atoms with van der Waals surface area (Å²) in [5.41, 5.74) is 0.358. The molecule has 1 aromatic rings. The number of hydrogen-bond acceptors (Lipinski definition) is 3. The van der Waals surface area contributed by atoms with Crippen molar-refractivity contribution >= 4 is 11.9 Å². The van der Waals surface area contributed by atoms with E-state index in [2.05, 4.69) is 5.32 Å². The Hall–Kier alpha value is -1.84. The number of esters is 1. The highest BCUT2D eigenvalue weighted by atomic mass is 16.6. The van der Waals surface area contributed by atoms with Crippen LogP contribution in [0.2, 0.25) is 0 Å². The maximum atomic E-state index is 12.7. The lowest BCUT2D eigenvalue weighted by Gasteiger charge is -2.34. The molecule has 0 saturated heterocycles. The van der Waals surface area contributed by atoms with Crippen molar-refractivity contribution in [1.82, 2.24) is 5.32 Å². The maximum Gasteiger partial charge on any atom is 0.339 e. The fourth-order valence-corrected chi connectivity index (χ4v) is 3.42. The van der Waals surface area contributed by atoms with Gasteiger partial charge in [0, 0.05) is 12.5 Å². The van der Waals surface area contributed by atoms with Gasteiger partial charge in [0.1, 0.15) is 0 Å². The lowest BCUT2D eigenvalue weighted by molar-refractivity contribution is -0.140. The van der Waals surface area contributed by atoms with E-state index in [0.29, 0.717) is 12.0 Å². The van der Waals surface area contributed by atoms with Crippen LogP contribution >= 0.6 is 0 Å². The molecule has 118 valence electrons. The van der Waals surface area contributed by atoms with Gasteiger partial charge in [-0.15, -0.1) is 0 Å². The summed E-state index contributed by atoms with van der Waals surface area (Å²) in [7, 11) is 0.